The molecule has 1 aromatic rings. The molecule has 0 aromatic carbocycles. The van der Waals surface area contributed by atoms with Gasteiger partial charge < -0.3 is 19.2 Å². The molecule has 0 aliphatic carbocycles. The third-order valence-electron chi connectivity index (χ3n) is 2.42. The number of furan rings is 1. The van der Waals surface area contributed by atoms with E-state index in [0.29, 0.717) is 23.4 Å². The van der Waals surface area contributed by atoms with Gasteiger partial charge in [-0.25, -0.2) is 0 Å². The van der Waals surface area contributed by atoms with Crippen molar-refractivity contribution in [3.05, 3.63) is 22.6 Å². The van der Waals surface area contributed by atoms with Crippen molar-refractivity contribution in [2.45, 2.75) is 25.7 Å². The van der Waals surface area contributed by atoms with Crippen molar-refractivity contribution in [2.24, 2.45) is 0 Å². The highest BCUT2D eigenvalue weighted by atomic mass is 79.9. The first kappa shape index (κ1) is 12.6. The normalized spacial score (nSPS) is 22.6. The maximum Gasteiger partial charge on any atom is 0.255 e. The highest BCUT2D eigenvalue weighted by Gasteiger charge is 2.32. The molecule has 1 unspecified atom stereocenters. The van der Waals surface area contributed by atoms with Crippen LogP contribution >= 0.6 is 15.9 Å². The number of amides is 1. The van der Waals surface area contributed by atoms with Crippen LogP contribution in [0.15, 0.2) is 21.4 Å². The first-order chi connectivity index (χ1) is 7.98. The topological polar surface area (TPSA) is 60.7 Å². The molecule has 0 saturated carbocycles. The molecule has 0 bridgehead atoms. The van der Waals surface area contributed by atoms with E-state index < -0.39 is 5.79 Å². The Balaban J connectivity index is 1.84. The molecule has 1 saturated heterocycles. The van der Waals surface area contributed by atoms with Crippen molar-refractivity contribution in [3.8, 4) is 0 Å². The predicted molar refractivity (Wildman–Crippen MR) is 63.6 cm³/mol. The Morgan fingerprint density at radius 3 is 2.94 bits per heavy atom. The number of carbonyl (C=O) groups excluding carboxylic acids is 1. The van der Waals surface area contributed by atoms with Crippen LogP contribution in [0.5, 0.6) is 0 Å². The van der Waals surface area contributed by atoms with Crippen LogP contribution in [-0.2, 0) is 9.47 Å². The summed E-state index contributed by atoms with van der Waals surface area (Å²) in [5, 5.41) is 2.77. The molecular formula is C11H14BrNO4. The zero-order chi connectivity index (χ0) is 12.5. The second-order valence-corrected chi connectivity index (χ2v) is 4.99. The minimum Gasteiger partial charge on any atom is -0.457 e. The predicted octanol–water partition coefficient (Wildman–Crippen LogP) is 1.92. The number of hydrogen-bond donors (Lipinski definition) is 1. The lowest BCUT2D eigenvalue weighted by Crippen LogP contribution is -2.34. The van der Waals surface area contributed by atoms with E-state index in [1.807, 2.05) is 13.8 Å². The molecule has 5 nitrogen and oxygen atoms in total. The van der Waals surface area contributed by atoms with Crippen LogP contribution in [0.4, 0.5) is 0 Å². The molecule has 1 N–H and O–H groups in total. The van der Waals surface area contributed by atoms with Crippen molar-refractivity contribution in [2.75, 3.05) is 13.2 Å². The molecule has 1 atom stereocenters. The molecular weight excluding hydrogens is 290 g/mol. The number of carbonyl (C=O) groups is 1. The maximum absolute atomic E-state index is 11.7. The molecule has 1 amide bonds. The van der Waals surface area contributed by atoms with E-state index in [2.05, 4.69) is 21.2 Å². The van der Waals surface area contributed by atoms with Crippen molar-refractivity contribution in [1.29, 1.82) is 0 Å². The maximum atomic E-state index is 11.7. The third-order valence-corrected chi connectivity index (χ3v) is 3.03. The fraction of sp³-hybridized carbons (Fsp3) is 0.545. The lowest BCUT2D eigenvalue weighted by molar-refractivity contribution is -0.137. The highest BCUT2D eigenvalue weighted by molar-refractivity contribution is 9.10. The summed E-state index contributed by atoms with van der Waals surface area (Å²) < 4.78 is 16.4. The van der Waals surface area contributed by atoms with Gasteiger partial charge in [-0.15, -0.1) is 0 Å². The summed E-state index contributed by atoms with van der Waals surface area (Å²) in [7, 11) is 0. The van der Waals surface area contributed by atoms with E-state index in [-0.39, 0.29) is 12.0 Å². The van der Waals surface area contributed by atoms with E-state index in [9.17, 15) is 4.79 Å². The van der Waals surface area contributed by atoms with Gasteiger partial charge in [-0.3, -0.25) is 4.79 Å². The highest BCUT2D eigenvalue weighted by Crippen LogP contribution is 2.22. The van der Waals surface area contributed by atoms with Gasteiger partial charge in [-0.05, 0) is 35.8 Å². The monoisotopic (exact) mass is 303 g/mol. The van der Waals surface area contributed by atoms with Gasteiger partial charge in [-0.2, -0.15) is 0 Å². The van der Waals surface area contributed by atoms with Crippen molar-refractivity contribution >= 4 is 21.8 Å². The SMILES string of the molecule is CC1(C)OCC(CNC(=O)c2ccoc2Br)O1. The number of nitrogens with one attached hydrogen (secondary N) is 1. The molecule has 1 aromatic heterocycles. The van der Waals surface area contributed by atoms with Gasteiger partial charge >= 0.3 is 0 Å². The Labute approximate surface area is 108 Å². The van der Waals surface area contributed by atoms with E-state index in [0.717, 1.165) is 0 Å². The van der Waals surface area contributed by atoms with E-state index in [4.69, 9.17) is 13.9 Å². The zero-order valence-corrected chi connectivity index (χ0v) is 11.2. The zero-order valence-electron chi connectivity index (χ0n) is 9.66. The lowest BCUT2D eigenvalue weighted by atomic mass is 10.3. The van der Waals surface area contributed by atoms with Crippen LogP contribution in [0.3, 0.4) is 0 Å². The summed E-state index contributed by atoms with van der Waals surface area (Å²) in [4.78, 5) is 11.7. The first-order valence-electron chi connectivity index (χ1n) is 5.31. The fourth-order valence-corrected chi connectivity index (χ4v) is 2.04. The van der Waals surface area contributed by atoms with Gasteiger partial charge in [0.2, 0.25) is 0 Å². The third kappa shape index (κ3) is 3.08. The van der Waals surface area contributed by atoms with Gasteiger partial charge in [-0.1, -0.05) is 0 Å². The molecule has 6 heteroatoms. The molecule has 1 aliphatic rings. The summed E-state index contributed by atoms with van der Waals surface area (Å²) in [6, 6.07) is 1.61. The summed E-state index contributed by atoms with van der Waals surface area (Å²) in [5.41, 5.74) is 0.475. The van der Waals surface area contributed by atoms with E-state index in [1.165, 1.54) is 6.26 Å². The average molecular weight is 304 g/mol. The Morgan fingerprint density at radius 2 is 2.41 bits per heavy atom. The molecule has 17 heavy (non-hydrogen) atoms. The lowest BCUT2D eigenvalue weighted by Gasteiger charge is -2.17. The van der Waals surface area contributed by atoms with Crippen LogP contribution in [0.2, 0.25) is 0 Å². The van der Waals surface area contributed by atoms with Crippen LogP contribution in [0.1, 0.15) is 24.2 Å². The Morgan fingerprint density at radius 1 is 1.65 bits per heavy atom. The Kier molecular flexibility index (Phi) is 3.56. The summed E-state index contributed by atoms with van der Waals surface area (Å²) in [5.74, 6) is -0.759. The standard InChI is InChI=1S/C11H14BrNO4/c1-11(2)16-6-7(17-11)5-13-10(14)8-3-4-15-9(8)12/h3-4,7H,5-6H2,1-2H3,(H,13,14). The molecule has 1 fully saturated rings. The Bertz CT molecular complexity index is 415. The largest absolute Gasteiger partial charge is 0.457 e. The van der Waals surface area contributed by atoms with E-state index in [1.54, 1.807) is 6.07 Å². The molecule has 2 rings (SSSR count). The molecule has 1 aliphatic heterocycles. The second-order valence-electron chi connectivity index (χ2n) is 4.27. The fourth-order valence-electron chi connectivity index (χ4n) is 1.62. The van der Waals surface area contributed by atoms with Gasteiger partial charge in [0.05, 0.1) is 18.4 Å². The van der Waals surface area contributed by atoms with Crippen LogP contribution in [-0.4, -0.2) is 30.9 Å². The minimum absolute atomic E-state index is 0.111. The van der Waals surface area contributed by atoms with Crippen LogP contribution in [0, 0.1) is 0 Å². The number of halogens is 1. The summed E-state index contributed by atoms with van der Waals surface area (Å²) in [6.45, 7) is 4.60. The first-order valence-corrected chi connectivity index (χ1v) is 6.10. The molecule has 2 heterocycles. The van der Waals surface area contributed by atoms with E-state index >= 15 is 0 Å². The van der Waals surface area contributed by atoms with Gasteiger partial charge in [0, 0.05) is 6.54 Å². The summed E-state index contributed by atoms with van der Waals surface area (Å²) >= 11 is 3.16. The number of rotatable bonds is 3. The van der Waals surface area contributed by atoms with Crippen LogP contribution < -0.4 is 5.32 Å². The van der Waals surface area contributed by atoms with Crippen molar-refractivity contribution in [3.63, 3.8) is 0 Å². The average Bonchev–Trinajstić information content (AvgIpc) is 2.81. The van der Waals surface area contributed by atoms with Gasteiger partial charge in [0.25, 0.3) is 5.91 Å². The number of ether oxygens (including phenoxy) is 2. The molecule has 0 radical (unpaired) electrons. The Hall–Kier alpha value is -0.850. The molecule has 0 spiro atoms. The smallest absolute Gasteiger partial charge is 0.255 e. The van der Waals surface area contributed by atoms with Gasteiger partial charge in [0.15, 0.2) is 10.5 Å². The number of hydrogen-bond acceptors (Lipinski definition) is 4. The summed E-state index contributed by atoms with van der Waals surface area (Å²) in [6.07, 6.45) is 1.34. The van der Waals surface area contributed by atoms with Crippen molar-refractivity contribution < 1.29 is 18.7 Å². The van der Waals surface area contributed by atoms with Crippen LogP contribution in [0.25, 0.3) is 0 Å². The second kappa shape index (κ2) is 4.80. The molecule has 94 valence electrons. The quantitative estimate of drug-likeness (QED) is 0.927. The van der Waals surface area contributed by atoms with Gasteiger partial charge in [0.1, 0.15) is 6.10 Å². The minimum atomic E-state index is -0.564. The van der Waals surface area contributed by atoms with Crippen molar-refractivity contribution in [1.82, 2.24) is 5.32 Å².